The van der Waals surface area contributed by atoms with Gasteiger partial charge in [-0.1, -0.05) is 191 Å². The maximum atomic E-state index is 12.3. The van der Waals surface area contributed by atoms with Gasteiger partial charge in [-0.25, -0.2) is 0 Å². The molecule has 0 aliphatic heterocycles. The molecule has 0 aliphatic rings. The van der Waals surface area contributed by atoms with E-state index in [2.05, 4.69) is 55.6 Å². The van der Waals surface area contributed by atoms with Crippen molar-refractivity contribution < 1.29 is 15.0 Å². The van der Waals surface area contributed by atoms with Crippen molar-refractivity contribution in [3.8, 4) is 0 Å². The average molecular weight is 700 g/mol. The summed E-state index contributed by atoms with van der Waals surface area (Å²) in [7, 11) is 0. The number of aliphatic hydroxyl groups excluding tert-OH is 2. The monoisotopic (exact) mass is 700 g/mol. The molecule has 0 heterocycles. The molecule has 0 fully saturated rings. The van der Waals surface area contributed by atoms with Gasteiger partial charge in [-0.15, -0.1) is 0 Å². The normalized spacial score (nSPS) is 13.4. The Bertz CT molecular complexity index is 801. The molecule has 0 aromatic heterocycles. The number of allylic oxidation sites excluding steroid dienone is 7. The van der Waals surface area contributed by atoms with Gasteiger partial charge in [0.2, 0.25) is 5.91 Å². The minimum atomic E-state index is -0.876. The Balaban J connectivity index is 3.64. The van der Waals surface area contributed by atoms with E-state index in [0.29, 0.717) is 6.42 Å². The van der Waals surface area contributed by atoms with Gasteiger partial charge in [0.25, 0.3) is 0 Å². The highest BCUT2D eigenvalue weighted by atomic mass is 16.3. The molecule has 0 saturated heterocycles. The van der Waals surface area contributed by atoms with Crippen LogP contribution in [0.1, 0.15) is 219 Å². The van der Waals surface area contributed by atoms with E-state index in [9.17, 15) is 15.0 Å². The fourth-order valence-electron chi connectivity index (χ4n) is 6.38. The molecule has 2 atom stereocenters. The van der Waals surface area contributed by atoms with Gasteiger partial charge in [0.1, 0.15) is 0 Å². The molecule has 4 nitrogen and oxygen atoms in total. The first-order chi connectivity index (χ1) is 24.7. The fraction of sp³-hybridized carbons (Fsp3) is 0.804. The molecule has 1 amide bonds. The number of carbonyl (C=O) groups excluding carboxylic acids is 1. The standard InChI is InChI=1S/C46H85NO3/c1-3-5-7-9-11-13-15-17-18-19-20-21-22-23-24-25-26-27-28-30-31-33-35-37-39-41-45(49)44(43-48)47-46(50)42-40-38-36-34-32-29-16-14-12-10-8-6-4-2/h26-27,29,31-33,39,41,44-45,48-49H,3-25,28,30,34-38,40,42-43H2,1-2H3,(H,47,50)/b27-26+,32-29-,33-31+,41-39+. The van der Waals surface area contributed by atoms with Gasteiger partial charge >= 0.3 is 0 Å². The average Bonchev–Trinajstić information content (AvgIpc) is 3.12. The zero-order valence-electron chi connectivity index (χ0n) is 33.4. The molecule has 0 aromatic carbocycles. The van der Waals surface area contributed by atoms with Gasteiger partial charge in [-0.3, -0.25) is 4.79 Å². The second-order valence-electron chi connectivity index (χ2n) is 14.7. The Hall–Kier alpha value is -1.65. The second-order valence-corrected chi connectivity index (χ2v) is 14.7. The van der Waals surface area contributed by atoms with Crippen LogP contribution in [0.25, 0.3) is 0 Å². The summed E-state index contributed by atoms with van der Waals surface area (Å²) >= 11 is 0. The molecule has 2 unspecified atom stereocenters. The van der Waals surface area contributed by atoms with Crippen molar-refractivity contribution in [3.05, 3.63) is 48.6 Å². The zero-order chi connectivity index (χ0) is 36.4. The highest BCUT2D eigenvalue weighted by Gasteiger charge is 2.17. The summed E-state index contributed by atoms with van der Waals surface area (Å²) in [5.74, 6) is -0.0955. The van der Waals surface area contributed by atoms with Crippen LogP contribution < -0.4 is 5.32 Å². The second kappa shape index (κ2) is 41.8. The van der Waals surface area contributed by atoms with Gasteiger partial charge in [-0.2, -0.15) is 0 Å². The zero-order valence-corrected chi connectivity index (χ0v) is 33.4. The molecule has 50 heavy (non-hydrogen) atoms. The third-order valence-electron chi connectivity index (χ3n) is 9.76. The Morgan fingerprint density at radius 1 is 0.460 bits per heavy atom. The number of aliphatic hydroxyl groups is 2. The van der Waals surface area contributed by atoms with Crippen molar-refractivity contribution in [2.75, 3.05) is 6.61 Å². The molecular formula is C46H85NO3. The van der Waals surface area contributed by atoms with Crippen LogP contribution in [0.15, 0.2) is 48.6 Å². The molecule has 4 heteroatoms. The minimum absolute atomic E-state index is 0.0955. The van der Waals surface area contributed by atoms with E-state index in [4.69, 9.17) is 0 Å². The molecule has 0 rings (SSSR count). The number of nitrogens with one attached hydrogen (secondary N) is 1. The number of hydrogen-bond donors (Lipinski definition) is 3. The van der Waals surface area contributed by atoms with Crippen LogP contribution in [-0.4, -0.2) is 34.9 Å². The highest BCUT2D eigenvalue weighted by Crippen LogP contribution is 2.14. The Kier molecular flexibility index (Phi) is 40.4. The first kappa shape index (κ1) is 48.3. The third kappa shape index (κ3) is 37.6. The largest absolute Gasteiger partial charge is 0.394 e. The number of amides is 1. The summed E-state index contributed by atoms with van der Waals surface area (Å²) in [6.07, 6.45) is 56.6. The maximum absolute atomic E-state index is 12.3. The molecule has 0 spiro atoms. The number of unbranched alkanes of at least 4 members (excludes halogenated alkanes) is 26. The predicted molar refractivity (Wildman–Crippen MR) is 221 cm³/mol. The summed E-state index contributed by atoms with van der Waals surface area (Å²) in [6.45, 7) is 4.28. The molecule has 0 radical (unpaired) electrons. The van der Waals surface area contributed by atoms with Crippen LogP contribution >= 0.6 is 0 Å². The summed E-state index contributed by atoms with van der Waals surface area (Å²) in [5, 5.41) is 22.9. The van der Waals surface area contributed by atoms with E-state index in [1.54, 1.807) is 6.08 Å². The minimum Gasteiger partial charge on any atom is -0.394 e. The van der Waals surface area contributed by atoms with Crippen molar-refractivity contribution >= 4 is 5.91 Å². The number of hydrogen-bond acceptors (Lipinski definition) is 3. The molecule has 0 aromatic rings. The van der Waals surface area contributed by atoms with Crippen LogP contribution in [0.2, 0.25) is 0 Å². The van der Waals surface area contributed by atoms with E-state index < -0.39 is 12.1 Å². The van der Waals surface area contributed by atoms with E-state index in [1.807, 2.05) is 6.08 Å². The predicted octanol–water partition coefficient (Wildman–Crippen LogP) is 13.6. The quantitative estimate of drug-likeness (QED) is 0.0442. The van der Waals surface area contributed by atoms with Crippen molar-refractivity contribution in [1.82, 2.24) is 5.32 Å². The maximum Gasteiger partial charge on any atom is 0.220 e. The fourth-order valence-corrected chi connectivity index (χ4v) is 6.38. The Labute approximate surface area is 312 Å². The lowest BCUT2D eigenvalue weighted by atomic mass is 10.0. The molecule has 292 valence electrons. The third-order valence-corrected chi connectivity index (χ3v) is 9.76. The molecular weight excluding hydrogens is 615 g/mol. The van der Waals surface area contributed by atoms with Gasteiger partial charge in [0, 0.05) is 6.42 Å². The van der Waals surface area contributed by atoms with Gasteiger partial charge in [0.05, 0.1) is 18.8 Å². The van der Waals surface area contributed by atoms with E-state index in [0.717, 1.165) is 51.4 Å². The van der Waals surface area contributed by atoms with Gasteiger partial charge in [0.15, 0.2) is 0 Å². The van der Waals surface area contributed by atoms with E-state index in [-0.39, 0.29) is 12.5 Å². The van der Waals surface area contributed by atoms with Gasteiger partial charge < -0.3 is 15.5 Å². The topological polar surface area (TPSA) is 69.6 Å². The summed E-state index contributed by atoms with van der Waals surface area (Å²) in [4.78, 5) is 12.3. The number of carbonyl (C=O) groups is 1. The van der Waals surface area contributed by atoms with E-state index in [1.165, 1.54) is 148 Å². The lowest BCUT2D eigenvalue weighted by molar-refractivity contribution is -0.123. The smallest absolute Gasteiger partial charge is 0.220 e. The van der Waals surface area contributed by atoms with Gasteiger partial charge in [-0.05, 0) is 70.6 Å². The molecule has 0 aliphatic carbocycles. The lowest BCUT2D eigenvalue weighted by Crippen LogP contribution is -2.45. The number of rotatable bonds is 39. The van der Waals surface area contributed by atoms with Crippen LogP contribution in [0.3, 0.4) is 0 Å². The first-order valence-corrected chi connectivity index (χ1v) is 21.9. The van der Waals surface area contributed by atoms with Crippen molar-refractivity contribution in [2.45, 2.75) is 231 Å². The summed E-state index contributed by atoms with van der Waals surface area (Å²) < 4.78 is 0. The molecule has 0 bridgehead atoms. The molecule has 3 N–H and O–H groups in total. The van der Waals surface area contributed by atoms with Crippen LogP contribution in [0, 0.1) is 0 Å². The van der Waals surface area contributed by atoms with Crippen molar-refractivity contribution in [2.24, 2.45) is 0 Å². The van der Waals surface area contributed by atoms with Crippen LogP contribution in [-0.2, 0) is 4.79 Å². The Morgan fingerprint density at radius 3 is 1.16 bits per heavy atom. The first-order valence-electron chi connectivity index (χ1n) is 21.9. The summed E-state index contributed by atoms with van der Waals surface area (Å²) in [5.41, 5.74) is 0. The van der Waals surface area contributed by atoms with Crippen molar-refractivity contribution in [1.29, 1.82) is 0 Å². The highest BCUT2D eigenvalue weighted by molar-refractivity contribution is 5.76. The van der Waals surface area contributed by atoms with Crippen LogP contribution in [0.4, 0.5) is 0 Å². The lowest BCUT2D eigenvalue weighted by Gasteiger charge is -2.19. The Morgan fingerprint density at radius 2 is 0.780 bits per heavy atom. The molecule has 0 saturated carbocycles. The van der Waals surface area contributed by atoms with Crippen molar-refractivity contribution in [3.63, 3.8) is 0 Å². The van der Waals surface area contributed by atoms with Crippen LogP contribution in [0.5, 0.6) is 0 Å². The van der Waals surface area contributed by atoms with E-state index >= 15 is 0 Å². The summed E-state index contributed by atoms with van der Waals surface area (Å²) in [6, 6.07) is -0.652. The SMILES string of the molecule is CCCCCCCC/C=C\CCCCCC(=O)NC(CO)C(O)/C=C/CC/C=C/CC/C=C/CCCCCCCCCCCCCCCCC.